The summed E-state index contributed by atoms with van der Waals surface area (Å²) in [5.41, 5.74) is 0.523. The van der Waals surface area contributed by atoms with Gasteiger partial charge >= 0.3 is 5.97 Å². The van der Waals surface area contributed by atoms with Gasteiger partial charge in [-0.2, -0.15) is 0 Å². The number of carbonyl (C=O) groups is 1. The first-order chi connectivity index (χ1) is 8.82. The van der Waals surface area contributed by atoms with Crippen LogP contribution >= 0.6 is 0 Å². The molecule has 19 heavy (non-hydrogen) atoms. The van der Waals surface area contributed by atoms with E-state index in [-0.39, 0.29) is 11.9 Å². The van der Waals surface area contributed by atoms with Crippen molar-refractivity contribution >= 4 is 5.97 Å². The second-order valence-electron chi connectivity index (χ2n) is 5.44. The predicted molar refractivity (Wildman–Crippen MR) is 75.7 cm³/mol. The van der Waals surface area contributed by atoms with Gasteiger partial charge in [-0.05, 0) is 37.8 Å². The summed E-state index contributed by atoms with van der Waals surface area (Å²) in [4.78, 5) is 12.1. The van der Waals surface area contributed by atoms with Gasteiger partial charge in [-0.1, -0.05) is 38.1 Å². The number of ether oxygens (including phenoxy) is 1. The molecule has 0 bridgehead atoms. The van der Waals surface area contributed by atoms with Gasteiger partial charge in [0.05, 0.1) is 12.5 Å². The van der Waals surface area contributed by atoms with Crippen LogP contribution in [0.5, 0.6) is 0 Å². The zero-order valence-corrected chi connectivity index (χ0v) is 12.4. The highest BCUT2D eigenvalue weighted by molar-refractivity contribution is 5.74. The zero-order valence-electron chi connectivity index (χ0n) is 12.4. The molecule has 1 aromatic rings. The Morgan fingerprint density at radius 3 is 2.42 bits per heavy atom. The van der Waals surface area contributed by atoms with Gasteiger partial charge in [-0.25, -0.2) is 0 Å². The summed E-state index contributed by atoms with van der Waals surface area (Å²) in [6.45, 7) is 9.58. The van der Waals surface area contributed by atoms with Crippen molar-refractivity contribution < 1.29 is 14.6 Å². The van der Waals surface area contributed by atoms with Crippen LogP contribution in [0, 0.1) is 18.8 Å². The minimum absolute atomic E-state index is 0.00587. The molecule has 0 aliphatic heterocycles. The number of benzene rings is 1. The fraction of sp³-hybridized carbons (Fsp3) is 0.562. The van der Waals surface area contributed by atoms with Gasteiger partial charge in [0.1, 0.15) is 5.60 Å². The van der Waals surface area contributed by atoms with Crippen LogP contribution in [0.3, 0.4) is 0 Å². The van der Waals surface area contributed by atoms with Gasteiger partial charge in [0.2, 0.25) is 0 Å². The van der Waals surface area contributed by atoms with E-state index in [4.69, 9.17) is 4.74 Å². The lowest BCUT2D eigenvalue weighted by molar-refractivity contribution is -0.161. The molecule has 3 nitrogen and oxygen atoms in total. The van der Waals surface area contributed by atoms with Gasteiger partial charge in [-0.3, -0.25) is 4.79 Å². The maximum absolute atomic E-state index is 12.1. The van der Waals surface area contributed by atoms with E-state index in [0.29, 0.717) is 6.61 Å². The SMILES string of the molecule is CCOC(=O)C(C(C)C)C(C)(O)c1ccccc1C. The van der Waals surface area contributed by atoms with Crippen molar-refractivity contribution in [2.24, 2.45) is 11.8 Å². The largest absolute Gasteiger partial charge is 0.466 e. The first-order valence-electron chi connectivity index (χ1n) is 6.77. The maximum atomic E-state index is 12.1. The highest BCUT2D eigenvalue weighted by atomic mass is 16.5. The molecule has 0 aromatic heterocycles. The number of rotatable bonds is 5. The summed E-state index contributed by atoms with van der Waals surface area (Å²) in [6.07, 6.45) is 0. The number of hydrogen-bond donors (Lipinski definition) is 1. The topological polar surface area (TPSA) is 46.5 Å². The minimum atomic E-state index is -1.23. The van der Waals surface area contributed by atoms with Crippen molar-refractivity contribution in [3.8, 4) is 0 Å². The first kappa shape index (κ1) is 15.7. The highest BCUT2D eigenvalue weighted by Gasteiger charge is 2.42. The summed E-state index contributed by atoms with van der Waals surface area (Å²) >= 11 is 0. The van der Waals surface area contributed by atoms with E-state index < -0.39 is 11.5 Å². The molecule has 0 heterocycles. The monoisotopic (exact) mass is 264 g/mol. The lowest BCUT2D eigenvalue weighted by Gasteiger charge is -2.35. The van der Waals surface area contributed by atoms with Crippen LogP contribution in [-0.4, -0.2) is 17.7 Å². The lowest BCUT2D eigenvalue weighted by Crippen LogP contribution is -2.42. The Labute approximate surface area is 115 Å². The molecule has 0 fully saturated rings. The first-order valence-corrected chi connectivity index (χ1v) is 6.77. The van der Waals surface area contributed by atoms with E-state index in [1.165, 1.54) is 0 Å². The van der Waals surface area contributed by atoms with Gasteiger partial charge in [0.15, 0.2) is 0 Å². The fourth-order valence-corrected chi connectivity index (χ4v) is 2.69. The Kier molecular flexibility index (Phi) is 5.12. The Balaban J connectivity index is 3.20. The molecular formula is C16H24O3. The molecule has 1 aromatic carbocycles. The quantitative estimate of drug-likeness (QED) is 0.831. The molecule has 106 valence electrons. The maximum Gasteiger partial charge on any atom is 0.312 e. The second kappa shape index (κ2) is 6.20. The van der Waals surface area contributed by atoms with Crippen molar-refractivity contribution in [2.45, 2.75) is 40.2 Å². The molecule has 0 amide bonds. The summed E-state index contributed by atoms with van der Waals surface area (Å²) < 4.78 is 5.11. The van der Waals surface area contributed by atoms with Crippen molar-refractivity contribution in [2.75, 3.05) is 6.61 Å². The molecule has 2 unspecified atom stereocenters. The molecule has 1 N–H and O–H groups in total. The molecular weight excluding hydrogens is 240 g/mol. The molecule has 0 aliphatic rings. The van der Waals surface area contributed by atoms with Gasteiger partial charge < -0.3 is 9.84 Å². The van der Waals surface area contributed by atoms with Gasteiger partial charge in [0, 0.05) is 0 Å². The van der Waals surface area contributed by atoms with E-state index in [1.807, 2.05) is 45.0 Å². The van der Waals surface area contributed by atoms with Crippen molar-refractivity contribution in [1.82, 2.24) is 0 Å². The van der Waals surface area contributed by atoms with Crippen LogP contribution in [0.15, 0.2) is 24.3 Å². The van der Waals surface area contributed by atoms with Crippen LogP contribution in [0.2, 0.25) is 0 Å². The third-order valence-electron chi connectivity index (χ3n) is 3.50. The molecule has 0 aliphatic carbocycles. The molecule has 2 atom stereocenters. The predicted octanol–water partition coefficient (Wildman–Crippen LogP) is 3.04. The second-order valence-corrected chi connectivity index (χ2v) is 5.44. The average molecular weight is 264 g/mol. The van der Waals surface area contributed by atoms with Crippen LogP contribution in [0.25, 0.3) is 0 Å². The molecule has 0 saturated carbocycles. The van der Waals surface area contributed by atoms with Crippen LogP contribution in [-0.2, 0) is 15.1 Å². The average Bonchev–Trinajstić information content (AvgIpc) is 2.28. The Morgan fingerprint density at radius 1 is 1.37 bits per heavy atom. The summed E-state index contributed by atoms with van der Waals surface area (Å²) in [6, 6.07) is 7.60. The number of aliphatic hydroxyl groups is 1. The standard InChI is InChI=1S/C16H24O3/c1-6-19-15(17)14(11(2)3)16(5,18)13-10-8-7-9-12(13)4/h7-11,14,18H,6H2,1-5H3. The van der Waals surface area contributed by atoms with Crippen LogP contribution in [0.1, 0.15) is 38.8 Å². The Bertz CT molecular complexity index is 435. The number of hydrogen-bond acceptors (Lipinski definition) is 3. The normalized spacial score (nSPS) is 15.9. The van der Waals surface area contributed by atoms with E-state index in [2.05, 4.69) is 0 Å². The van der Waals surface area contributed by atoms with Crippen LogP contribution < -0.4 is 0 Å². The third kappa shape index (κ3) is 3.35. The van der Waals surface area contributed by atoms with E-state index in [9.17, 15) is 9.90 Å². The minimum Gasteiger partial charge on any atom is -0.466 e. The summed E-state index contributed by atoms with van der Waals surface area (Å²) in [5.74, 6) is -0.923. The molecule has 1 rings (SSSR count). The van der Waals surface area contributed by atoms with Gasteiger partial charge in [0.25, 0.3) is 0 Å². The molecule has 3 heteroatoms. The van der Waals surface area contributed by atoms with Crippen molar-refractivity contribution in [3.05, 3.63) is 35.4 Å². The van der Waals surface area contributed by atoms with E-state index in [1.54, 1.807) is 13.8 Å². The Morgan fingerprint density at radius 2 is 1.95 bits per heavy atom. The molecule has 0 spiro atoms. The highest BCUT2D eigenvalue weighted by Crippen LogP contribution is 2.36. The third-order valence-corrected chi connectivity index (χ3v) is 3.50. The molecule has 0 saturated heterocycles. The summed E-state index contributed by atoms with van der Waals surface area (Å²) in [7, 11) is 0. The number of carbonyl (C=O) groups excluding carboxylic acids is 1. The molecule has 0 radical (unpaired) electrons. The smallest absolute Gasteiger partial charge is 0.312 e. The Hall–Kier alpha value is -1.35. The number of esters is 1. The zero-order chi connectivity index (χ0) is 14.6. The van der Waals surface area contributed by atoms with Crippen LogP contribution in [0.4, 0.5) is 0 Å². The van der Waals surface area contributed by atoms with E-state index >= 15 is 0 Å². The fourth-order valence-electron chi connectivity index (χ4n) is 2.69. The van der Waals surface area contributed by atoms with Gasteiger partial charge in [-0.15, -0.1) is 0 Å². The lowest BCUT2D eigenvalue weighted by atomic mass is 9.75. The van der Waals surface area contributed by atoms with E-state index in [0.717, 1.165) is 11.1 Å². The van der Waals surface area contributed by atoms with Crippen molar-refractivity contribution in [1.29, 1.82) is 0 Å². The van der Waals surface area contributed by atoms with Crippen molar-refractivity contribution in [3.63, 3.8) is 0 Å². The summed E-state index contributed by atoms with van der Waals surface area (Å²) in [5, 5.41) is 10.9. The number of aryl methyl sites for hydroxylation is 1.